The number of hydrogen-bond acceptors (Lipinski definition) is 4. The van der Waals surface area contributed by atoms with Gasteiger partial charge in [-0.25, -0.2) is 5.53 Å². The highest BCUT2D eigenvalue weighted by Crippen LogP contribution is 2.28. The second kappa shape index (κ2) is 8.25. The summed E-state index contributed by atoms with van der Waals surface area (Å²) in [7, 11) is 1.68. The van der Waals surface area contributed by atoms with Gasteiger partial charge >= 0.3 is 0 Å². The van der Waals surface area contributed by atoms with E-state index in [4.69, 9.17) is 15.7 Å². The van der Waals surface area contributed by atoms with Gasteiger partial charge in [0.15, 0.2) is 5.84 Å². The van der Waals surface area contributed by atoms with E-state index in [1.807, 2.05) is 24.3 Å². The lowest BCUT2D eigenvalue weighted by molar-refractivity contribution is 0.415. The van der Waals surface area contributed by atoms with Crippen LogP contribution < -0.4 is 10.1 Å². The molecule has 0 aromatic heterocycles. The van der Waals surface area contributed by atoms with E-state index in [0.29, 0.717) is 5.56 Å². The van der Waals surface area contributed by atoms with Gasteiger partial charge in [-0.2, -0.15) is 0 Å². The highest BCUT2D eigenvalue weighted by atomic mass is 16.5. The van der Waals surface area contributed by atoms with Crippen LogP contribution in [0.1, 0.15) is 24.0 Å². The van der Waals surface area contributed by atoms with Crippen molar-refractivity contribution in [2.24, 2.45) is 5.11 Å². The lowest BCUT2D eigenvalue weighted by Gasteiger charge is -2.16. The summed E-state index contributed by atoms with van der Waals surface area (Å²) in [5.41, 5.74) is 12.5. The molecule has 5 nitrogen and oxygen atoms in total. The van der Waals surface area contributed by atoms with Crippen LogP contribution in [-0.2, 0) is 0 Å². The summed E-state index contributed by atoms with van der Waals surface area (Å²) in [4.78, 5) is 0. The molecule has 0 saturated heterocycles. The molecule has 0 saturated carbocycles. The van der Waals surface area contributed by atoms with Gasteiger partial charge in [0.2, 0.25) is 0 Å². The molecule has 0 unspecified atom stereocenters. The van der Waals surface area contributed by atoms with Crippen LogP contribution in [0.15, 0.2) is 71.4 Å². The molecule has 0 atom stereocenters. The van der Waals surface area contributed by atoms with E-state index in [2.05, 4.69) is 34.7 Å². The SMILES string of the molecule is COc1ccc(C2=CC=C(CNc3ccc(C(=N)N=N)cc3)CC2)cc1. The van der Waals surface area contributed by atoms with Gasteiger partial charge in [0.1, 0.15) is 5.75 Å². The molecule has 0 spiro atoms. The van der Waals surface area contributed by atoms with Crippen molar-refractivity contribution >= 4 is 17.1 Å². The van der Waals surface area contributed by atoms with E-state index in [-0.39, 0.29) is 5.84 Å². The molecule has 5 heteroatoms. The minimum absolute atomic E-state index is 0.0252. The number of methoxy groups -OCH3 is 1. The monoisotopic (exact) mass is 346 g/mol. The second-order valence-corrected chi connectivity index (χ2v) is 6.14. The fourth-order valence-electron chi connectivity index (χ4n) is 2.90. The zero-order valence-corrected chi connectivity index (χ0v) is 14.8. The summed E-state index contributed by atoms with van der Waals surface area (Å²) >= 11 is 0. The lowest BCUT2D eigenvalue weighted by atomic mass is 9.93. The van der Waals surface area contributed by atoms with Crippen LogP contribution in [0, 0.1) is 10.9 Å². The summed E-state index contributed by atoms with van der Waals surface area (Å²) in [6.45, 7) is 0.798. The fourth-order valence-corrected chi connectivity index (χ4v) is 2.90. The van der Waals surface area contributed by atoms with Crippen molar-refractivity contribution in [3.63, 3.8) is 0 Å². The van der Waals surface area contributed by atoms with E-state index in [0.717, 1.165) is 30.8 Å². The predicted molar refractivity (Wildman–Crippen MR) is 105 cm³/mol. The molecule has 0 heterocycles. The van der Waals surface area contributed by atoms with E-state index >= 15 is 0 Å². The van der Waals surface area contributed by atoms with Crippen LogP contribution in [0.25, 0.3) is 5.57 Å². The summed E-state index contributed by atoms with van der Waals surface area (Å²) in [5, 5.41) is 14.1. The number of hydrogen-bond donors (Lipinski definition) is 3. The Hall–Kier alpha value is -3.21. The van der Waals surface area contributed by atoms with Crippen molar-refractivity contribution < 1.29 is 4.74 Å². The van der Waals surface area contributed by atoms with Gasteiger partial charge in [0.05, 0.1) is 7.11 Å². The molecule has 0 bridgehead atoms. The van der Waals surface area contributed by atoms with Crippen LogP contribution in [-0.4, -0.2) is 19.5 Å². The predicted octanol–water partition coefficient (Wildman–Crippen LogP) is 5.27. The van der Waals surface area contributed by atoms with E-state index < -0.39 is 0 Å². The number of rotatable bonds is 6. The highest BCUT2D eigenvalue weighted by molar-refractivity contribution is 5.96. The Labute approximate surface area is 153 Å². The Balaban J connectivity index is 1.59. The van der Waals surface area contributed by atoms with Gasteiger partial charge in [-0.3, -0.25) is 5.41 Å². The van der Waals surface area contributed by atoms with Crippen LogP contribution >= 0.6 is 0 Å². The number of amidine groups is 1. The van der Waals surface area contributed by atoms with E-state index in [1.165, 1.54) is 16.7 Å². The number of benzene rings is 2. The molecule has 2 aromatic carbocycles. The molecule has 0 fully saturated rings. The first-order valence-corrected chi connectivity index (χ1v) is 8.53. The molecule has 26 heavy (non-hydrogen) atoms. The highest BCUT2D eigenvalue weighted by Gasteiger charge is 2.09. The second-order valence-electron chi connectivity index (χ2n) is 6.14. The van der Waals surface area contributed by atoms with Gasteiger partial charge in [-0.1, -0.05) is 29.9 Å². The average molecular weight is 346 g/mol. The van der Waals surface area contributed by atoms with Crippen molar-refractivity contribution in [2.75, 3.05) is 19.0 Å². The molecular formula is C21H22N4O. The molecule has 0 amide bonds. The minimum atomic E-state index is -0.0252. The number of ether oxygens (including phenoxy) is 1. The van der Waals surface area contributed by atoms with Crippen LogP contribution in [0.3, 0.4) is 0 Å². The number of nitrogens with zero attached hydrogens (tertiary/aromatic N) is 1. The van der Waals surface area contributed by atoms with Gasteiger partial charge in [-0.15, -0.1) is 5.11 Å². The zero-order chi connectivity index (χ0) is 18.4. The zero-order valence-electron chi connectivity index (χ0n) is 14.8. The largest absolute Gasteiger partial charge is 0.497 e. The molecule has 0 aliphatic heterocycles. The van der Waals surface area contributed by atoms with Gasteiger partial charge < -0.3 is 10.1 Å². The Kier molecular flexibility index (Phi) is 5.59. The number of allylic oxidation sites excluding steroid dienone is 3. The van der Waals surface area contributed by atoms with Crippen molar-refractivity contribution in [3.8, 4) is 5.75 Å². The first-order valence-electron chi connectivity index (χ1n) is 8.53. The van der Waals surface area contributed by atoms with Gasteiger partial charge in [0, 0.05) is 17.8 Å². The maximum atomic E-state index is 7.53. The smallest absolute Gasteiger partial charge is 0.173 e. The van der Waals surface area contributed by atoms with Crippen molar-refractivity contribution in [2.45, 2.75) is 12.8 Å². The first kappa shape index (κ1) is 17.6. The van der Waals surface area contributed by atoms with E-state index in [1.54, 1.807) is 19.2 Å². The molecule has 3 N–H and O–H groups in total. The van der Waals surface area contributed by atoms with Gasteiger partial charge in [0.25, 0.3) is 0 Å². The molecule has 0 radical (unpaired) electrons. The Morgan fingerprint density at radius 1 is 1.04 bits per heavy atom. The van der Waals surface area contributed by atoms with E-state index in [9.17, 15) is 0 Å². The van der Waals surface area contributed by atoms with Crippen LogP contribution in [0.5, 0.6) is 5.75 Å². The summed E-state index contributed by atoms with van der Waals surface area (Å²) in [6.07, 6.45) is 6.45. The molecule has 132 valence electrons. The molecule has 2 aromatic rings. The maximum Gasteiger partial charge on any atom is 0.173 e. The summed E-state index contributed by atoms with van der Waals surface area (Å²) in [5.74, 6) is 0.853. The molecular weight excluding hydrogens is 324 g/mol. The maximum absolute atomic E-state index is 7.53. The van der Waals surface area contributed by atoms with Crippen molar-refractivity contribution in [1.29, 1.82) is 10.9 Å². The van der Waals surface area contributed by atoms with Gasteiger partial charge in [-0.05, 0) is 60.4 Å². The number of anilines is 1. The number of nitrogens with one attached hydrogen (secondary N) is 3. The third-order valence-electron chi connectivity index (χ3n) is 4.49. The standard InChI is InChI=1S/C21H22N4O/c1-26-20-12-8-17(9-13-20)16-4-2-15(3-5-16)14-24-19-10-6-18(7-11-19)21(22)25-23/h2,4,6-13,22-24H,3,5,14H2,1H3. The minimum Gasteiger partial charge on any atom is -0.497 e. The summed E-state index contributed by atoms with van der Waals surface area (Å²) < 4.78 is 5.21. The van der Waals surface area contributed by atoms with Crippen LogP contribution in [0.4, 0.5) is 5.69 Å². The molecule has 1 aliphatic carbocycles. The lowest BCUT2D eigenvalue weighted by Crippen LogP contribution is -2.07. The summed E-state index contributed by atoms with van der Waals surface area (Å²) in [6, 6.07) is 15.6. The van der Waals surface area contributed by atoms with Crippen molar-refractivity contribution in [1.82, 2.24) is 0 Å². The Morgan fingerprint density at radius 2 is 1.77 bits per heavy atom. The molecule has 1 aliphatic rings. The topological polar surface area (TPSA) is 81.3 Å². The quantitative estimate of drug-likeness (QED) is 0.378. The van der Waals surface area contributed by atoms with Crippen LogP contribution in [0.2, 0.25) is 0 Å². The Bertz CT molecular complexity index is 849. The Morgan fingerprint density at radius 3 is 2.35 bits per heavy atom. The third kappa shape index (κ3) is 4.25. The fraction of sp³-hybridized carbons (Fsp3) is 0.190. The molecule has 3 rings (SSSR count). The normalized spacial score (nSPS) is 13.4. The third-order valence-corrected chi connectivity index (χ3v) is 4.49. The average Bonchev–Trinajstić information content (AvgIpc) is 2.72. The van der Waals surface area contributed by atoms with Crippen molar-refractivity contribution in [3.05, 3.63) is 77.4 Å². The first-order chi connectivity index (χ1) is 12.7.